The minimum absolute atomic E-state index is 0.541. The molecule has 1 aromatic rings. The van der Waals surface area contributed by atoms with E-state index in [1.165, 1.54) is 42.9 Å². The van der Waals surface area contributed by atoms with Crippen LogP contribution in [-0.4, -0.2) is 30.2 Å². The molecule has 2 unspecified atom stereocenters. The molecule has 0 radical (unpaired) electrons. The SMILES string of the molecule is CNC1CC2CCCC(C1)N2c1nc(C(C)C)cs1. The molecule has 2 fully saturated rings. The van der Waals surface area contributed by atoms with Crippen LogP contribution in [0.5, 0.6) is 0 Å². The lowest BCUT2D eigenvalue weighted by Gasteiger charge is -2.49. The summed E-state index contributed by atoms with van der Waals surface area (Å²) in [6.07, 6.45) is 6.63. The van der Waals surface area contributed by atoms with E-state index in [0.717, 1.165) is 0 Å². The topological polar surface area (TPSA) is 28.2 Å². The van der Waals surface area contributed by atoms with Crippen molar-refractivity contribution in [3.8, 4) is 0 Å². The van der Waals surface area contributed by atoms with Gasteiger partial charge in [0.2, 0.25) is 0 Å². The first kappa shape index (κ1) is 13.4. The molecule has 2 aliphatic rings. The van der Waals surface area contributed by atoms with E-state index in [9.17, 15) is 0 Å². The van der Waals surface area contributed by atoms with Crippen molar-refractivity contribution in [1.29, 1.82) is 0 Å². The molecule has 1 N–H and O–H groups in total. The molecule has 4 heteroatoms. The lowest BCUT2D eigenvalue weighted by atomic mass is 9.82. The highest BCUT2D eigenvalue weighted by molar-refractivity contribution is 7.13. The maximum absolute atomic E-state index is 4.89. The van der Waals surface area contributed by atoms with Gasteiger partial charge in [0.05, 0.1) is 5.69 Å². The number of fused-ring (bicyclic) bond motifs is 2. The van der Waals surface area contributed by atoms with Crippen LogP contribution >= 0.6 is 11.3 Å². The molecule has 0 aromatic carbocycles. The van der Waals surface area contributed by atoms with Gasteiger partial charge in [0, 0.05) is 23.5 Å². The van der Waals surface area contributed by atoms with Gasteiger partial charge in [0.1, 0.15) is 0 Å². The van der Waals surface area contributed by atoms with Crippen molar-refractivity contribution in [3.63, 3.8) is 0 Å². The van der Waals surface area contributed by atoms with Crippen molar-refractivity contribution >= 4 is 16.5 Å². The molecule has 2 saturated heterocycles. The van der Waals surface area contributed by atoms with E-state index in [4.69, 9.17) is 4.98 Å². The molecule has 2 bridgehead atoms. The molecule has 19 heavy (non-hydrogen) atoms. The maximum Gasteiger partial charge on any atom is 0.186 e. The number of rotatable bonds is 3. The Morgan fingerprint density at radius 2 is 2.00 bits per heavy atom. The van der Waals surface area contributed by atoms with Crippen LogP contribution in [0, 0.1) is 0 Å². The number of hydrogen-bond acceptors (Lipinski definition) is 4. The van der Waals surface area contributed by atoms with Gasteiger partial charge in [-0.15, -0.1) is 11.3 Å². The number of thiazole rings is 1. The third-order valence-corrected chi connectivity index (χ3v) is 5.58. The summed E-state index contributed by atoms with van der Waals surface area (Å²) in [7, 11) is 2.11. The van der Waals surface area contributed by atoms with Crippen LogP contribution in [0.25, 0.3) is 0 Å². The first-order chi connectivity index (χ1) is 9.19. The molecule has 2 aliphatic heterocycles. The lowest BCUT2D eigenvalue weighted by molar-refractivity contribution is 0.252. The Morgan fingerprint density at radius 3 is 2.53 bits per heavy atom. The van der Waals surface area contributed by atoms with Crippen molar-refractivity contribution < 1.29 is 0 Å². The van der Waals surface area contributed by atoms with Crippen LogP contribution in [-0.2, 0) is 0 Å². The fourth-order valence-electron chi connectivity index (χ4n) is 3.59. The molecule has 3 rings (SSSR count). The second-order valence-electron chi connectivity index (χ2n) is 6.31. The third kappa shape index (κ3) is 2.52. The van der Waals surface area contributed by atoms with Crippen molar-refractivity contribution in [2.24, 2.45) is 0 Å². The third-order valence-electron chi connectivity index (χ3n) is 4.71. The summed E-state index contributed by atoms with van der Waals surface area (Å²) in [5, 5.41) is 7.01. The van der Waals surface area contributed by atoms with Crippen molar-refractivity contribution in [2.75, 3.05) is 11.9 Å². The Balaban J connectivity index is 1.83. The largest absolute Gasteiger partial charge is 0.342 e. The monoisotopic (exact) mass is 279 g/mol. The molecule has 2 atom stereocenters. The minimum atomic E-state index is 0.541. The van der Waals surface area contributed by atoms with Crippen LogP contribution in [0.2, 0.25) is 0 Å². The minimum Gasteiger partial charge on any atom is -0.342 e. The van der Waals surface area contributed by atoms with E-state index in [-0.39, 0.29) is 0 Å². The van der Waals surface area contributed by atoms with Gasteiger partial charge < -0.3 is 10.2 Å². The predicted octanol–water partition coefficient (Wildman–Crippen LogP) is 3.38. The Kier molecular flexibility index (Phi) is 3.81. The van der Waals surface area contributed by atoms with Gasteiger partial charge >= 0.3 is 0 Å². The van der Waals surface area contributed by atoms with Crippen molar-refractivity contribution in [3.05, 3.63) is 11.1 Å². The highest BCUT2D eigenvalue weighted by atomic mass is 32.1. The van der Waals surface area contributed by atoms with Gasteiger partial charge in [-0.05, 0) is 45.1 Å². The number of nitrogens with zero attached hydrogens (tertiary/aromatic N) is 2. The summed E-state index contributed by atoms with van der Waals surface area (Å²) in [4.78, 5) is 7.54. The number of nitrogens with one attached hydrogen (secondary N) is 1. The van der Waals surface area contributed by atoms with Gasteiger partial charge in [-0.25, -0.2) is 4.98 Å². The second-order valence-corrected chi connectivity index (χ2v) is 7.15. The lowest BCUT2D eigenvalue weighted by Crippen LogP contribution is -2.56. The fourth-order valence-corrected chi connectivity index (χ4v) is 4.72. The summed E-state index contributed by atoms with van der Waals surface area (Å²) in [6, 6.07) is 2.11. The van der Waals surface area contributed by atoms with Gasteiger partial charge in [-0.1, -0.05) is 13.8 Å². The average molecular weight is 279 g/mol. The van der Waals surface area contributed by atoms with E-state index >= 15 is 0 Å². The van der Waals surface area contributed by atoms with Crippen molar-refractivity contribution in [2.45, 2.75) is 70.0 Å². The van der Waals surface area contributed by atoms with Gasteiger partial charge in [0.15, 0.2) is 5.13 Å². The van der Waals surface area contributed by atoms with Crippen LogP contribution in [0.1, 0.15) is 57.6 Å². The van der Waals surface area contributed by atoms with Crippen LogP contribution in [0.4, 0.5) is 5.13 Å². The zero-order valence-electron chi connectivity index (χ0n) is 12.2. The number of aromatic nitrogens is 1. The fraction of sp³-hybridized carbons (Fsp3) is 0.800. The Hall–Kier alpha value is -0.610. The van der Waals surface area contributed by atoms with Crippen LogP contribution in [0.15, 0.2) is 5.38 Å². The zero-order chi connectivity index (χ0) is 13.4. The summed E-state index contributed by atoms with van der Waals surface area (Å²) >= 11 is 1.84. The van der Waals surface area contributed by atoms with E-state index in [0.29, 0.717) is 24.0 Å². The van der Waals surface area contributed by atoms with E-state index in [1.54, 1.807) is 0 Å². The molecule has 0 aliphatic carbocycles. The normalized spacial score (nSPS) is 30.9. The highest BCUT2D eigenvalue weighted by Gasteiger charge is 2.39. The summed E-state index contributed by atoms with van der Waals surface area (Å²) < 4.78 is 0. The van der Waals surface area contributed by atoms with E-state index in [1.807, 2.05) is 11.3 Å². The first-order valence-electron chi connectivity index (χ1n) is 7.60. The summed E-state index contributed by atoms with van der Waals surface area (Å²) in [5.41, 5.74) is 1.26. The zero-order valence-corrected chi connectivity index (χ0v) is 13.0. The number of hydrogen-bond donors (Lipinski definition) is 1. The first-order valence-corrected chi connectivity index (χ1v) is 8.48. The smallest absolute Gasteiger partial charge is 0.186 e. The number of piperidine rings is 2. The highest BCUT2D eigenvalue weighted by Crippen LogP contribution is 2.39. The van der Waals surface area contributed by atoms with E-state index in [2.05, 4.69) is 36.5 Å². The summed E-state index contributed by atoms with van der Waals surface area (Å²) in [6.45, 7) is 4.46. The molecule has 106 valence electrons. The molecule has 0 saturated carbocycles. The summed E-state index contributed by atoms with van der Waals surface area (Å²) in [5.74, 6) is 0.541. The molecule has 3 heterocycles. The molecule has 0 spiro atoms. The van der Waals surface area contributed by atoms with Crippen LogP contribution < -0.4 is 10.2 Å². The quantitative estimate of drug-likeness (QED) is 0.919. The second kappa shape index (κ2) is 5.41. The molecule has 1 aromatic heterocycles. The van der Waals surface area contributed by atoms with Crippen LogP contribution in [0.3, 0.4) is 0 Å². The molecular weight excluding hydrogens is 254 g/mol. The van der Waals surface area contributed by atoms with Crippen molar-refractivity contribution in [1.82, 2.24) is 10.3 Å². The van der Waals surface area contributed by atoms with Gasteiger partial charge in [-0.3, -0.25) is 0 Å². The Morgan fingerprint density at radius 1 is 1.32 bits per heavy atom. The predicted molar refractivity (Wildman–Crippen MR) is 82.2 cm³/mol. The average Bonchev–Trinajstić information content (AvgIpc) is 2.86. The Bertz CT molecular complexity index is 415. The molecule has 0 amide bonds. The van der Waals surface area contributed by atoms with E-state index < -0.39 is 0 Å². The number of anilines is 1. The maximum atomic E-state index is 4.89. The Labute approximate surface area is 120 Å². The molecule has 3 nitrogen and oxygen atoms in total. The van der Waals surface area contributed by atoms with Gasteiger partial charge in [0.25, 0.3) is 0 Å². The standard InChI is InChI=1S/C15H25N3S/c1-10(2)14-9-19-15(17-14)18-12-5-4-6-13(18)8-11(7-12)16-3/h9-13,16H,4-8H2,1-3H3. The molecular formula is C15H25N3S. The van der Waals surface area contributed by atoms with Gasteiger partial charge in [-0.2, -0.15) is 0 Å².